The molecule has 0 aromatic rings. The molecule has 0 aromatic carbocycles. The van der Waals surface area contributed by atoms with E-state index in [9.17, 15) is 0 Å². The summed E-state index contributed by atoms with van der Waals surface area (Å²) in [5.74, 6) is 0. The number of rotatable bonds is 0. The van der Waals surface area contributed by atoms with Gasteiger partial charge in [0.1, 0.15) is 0 Å². The van der Waals surface area contributed by atoms with Crippen LogP contribution in [0.2, 0.25) is 0 Å². The van der Waals surface area contributed by atoms with Gasteiger partial charge in [-0.3, -0.25) is 0 Å². The Kier molecular flexibility index (Phi) is 442. The predicted octanol–water partition coefficient (Wildman–Crippen LogP) is 0.694. The summed E-state index contributed by atoms with van der Waals surface area (Å²) in [5, 5.41) is 0. The first kappa shape index (κ1) is 49.8. The van der Waals surface area contributed by atoms with Crippen molar-refractivity contribution in [3.8, 4) is 0 Å². The fourth-order valence-electron chi connectivity index (χ4n) is 0. The van der Waals surface area contributed by atoms with Crippen LogP contribution >= 0.6 is 46.6 Å². The molecule has 0 spiro atoms. The summed E-state index contributed by atoms with van der Waals surface area (Å²) < 4.78 is 0. The van der Waals surface area contributed by atoms with Crippen molar-refractivity contribution in [3.05, 3.63) is 0 Å². The second-order valence-corrected chi connectivity index (χ2v) is 0. The summed E-state index contributed by atoms with van der Waals surface area (Å²) in [6.45, 7) is 0. The van der Waals surface area contributed by atoms with E-state index in [1.807, 2.05) is 4.93 Å². The fourth-order valence-corrected chi connectivity index (χ4v) is 0. The summed E-state index contributed by atoms with van der Waals surface area (Å²) in [6.07, 6.45) is 0. The van der Waals surface area contributed by atoms with E-state index in [0.717, 1.165) is 0 Å². The van der Waals surface area contributed by atoms with Crippen molar-refractivity contribution in [3.63, 3.8) is 0 Å². The van der Waals surface area contributed by atoms with Crippen LogP contribution in [0.25, 0.3) is 0 Å². The monoisotopic (exact) mass is 359 g/mol. The maximum absolute atomic E-state index is 2.15. The zero-order valence-corrected chi connectivity index (χ0v) is 10.4. The Morgan fingerprint density at radius 2 is 1.00 bits per heavy atom. The normalized spacial score (nSPS) is 0.857. The third-order valence-corrected chi connectivity index (χ3v) is 0. The van der Waals surface area contributed by atoms with E-state index in [1.54, 1.807) is 0 Å². The Morgan fingerprint density at radius 1 is 1.00 bits per heavy atom. The van der Waals surface area contributed by atoms with Crippen LogP contribution < -0.4 is 51.4 Å². The minimum atomic E-state index is 0. The topological polar surface area (TPSA) is 0 Å². The van der Waals surface area contributed by atoms with Gasteiger partial charge in [-0.2, -0.15) is 0 Å². The maximum Gasteiger partial charge on any atom is 1.00 e. The Balaban J connectivity index is -0.000000000333. The molecule has 0 N–H and O–H groups in total. The van der Waals surface area contributed by atoms with Gasteiger partial charge in [0.05, 0.1) is 0 Å². The fraction of sp³-hybridized carbons (Fsp3) is 1.00. The van der Waals surface area contributed by atoms with Crippen molar-refractivity contribution < 1.29 is 52.8 Å². The molecule has 0 unspecified atom stereocenters. The SMILES string of the molecule is C.C.C.CI.I.[2H-].[K+]. The first-order valence-corrected chi connectivity index (χ1v) is 2.54. The van der Waals surface area contributed by atoms with Crippen LogP contribution in [0, 0.1) is 0 Å². The molecule has 3 heteroatoms. The minimum absolute atomic E-state index is 0. The summed E-state index contributed by atoms with van der Waals surface area (Å²) in [6, 6.07) is 0. The van der Waals surface area contributed by atoms with Crippen molar-refractivity contribution in [1.82, 2.24) is 0 Å². The smallest absolute Gasteiger partial charge is 1.00 e. The molecule has 0 rings (SSSR count). The van der Waals surface area contributed by atoms with Gasteiger partial charge in [-0.1, -0.05) is 44.9 Å². The van der Waals surface area contributed by atoms with E-state index >= 15 is 0 Å². The van der Waals surface area contributed by atoms with E-state index < -0.39 is 0 Å². The van der Waals surface area contributed by atoms with Crippen LogP contribution in [0.15, 0.2) is 0 Å². The minimum Gasteiger partial charge on any atom is -1.00 e. The molecule has 0 heterocycles. The number of hydrogen-bond acceptors (Lipinski definition) is 0. The Bertz CT molecular complexity index is 14.0. The molecule has 0 radical (unpaired) electrons. The molecule has 0 aliphatic rings. The molecule has 0 aromatic heterocycles. The molecule has 0 saturated heterocycles. The van der Waals surface area contributed by atoms with Gasteiger partial charge in [-0.05, 0) is 4.93 Å². The second kappa shape index (κ2) is 62.2. The summed E-state index contributed by atoms with van der Waals surface area (Å²) in [7, 11) is 0. The van der Waals surface area contributed by atoms with Gasteiger partial charge in [0.25, 0.3) is 0 Å². The van der Waals surface area contributed by atoms with Crippen molar-refractivity contribution in [2.24, 2.45) is 0 Å². The number of hydrogen-bond donors (Lipinski definition) is 0. The predicted molar refractivity (Wildman–Crippen MR) is 56.7 cm³/mol. The molecule has 0 fully saturated rings. The zero-order valence-electron chi connectivity index (χ0n) is 3.79. The molecule has 0 atom stereocenters. The van der Waals surface area contributed by atoms with Gasteiger partial charge >= 0.3 is 51.4 Å². The van der Waals surface area contributed by atoms with Crippen LogP contribution in [-0.2, 0) is 0 Å². The Hall–Kier alpha value is 3.10. The Labute approximate surface area is 124 Å². The summed E-state index contributed by atoms with van der Waals surface area (Å²) in [4.78, 5) is 1.97. The Morgan fingerprint density at radius 3 is 1.00 bits per heavy atom. The maximum atomic E-state index is 2.15. The van der Waals surface area contributed by atoms with E-state index in [1.165, 1.54) is 0 Å². The summed E-state index contributed by atoms with van der Waals surface area (Å²) >= 11 is 2.15. The molecule has 0 saturated carbocycles. The van der Waals surface area contributed by atoms with Gasteiger partial charge in [0, 0.05) is 0 Å². The first-order valence-electron chi connectivity index (χ1n) is 0.378. The van der Waals surface area contributed by atoms with Gasteiger partial charge in [-0.25, -0.2) is 0 Å². The van der Waals surface area contributed by atoms with Gasteiger partial charge in [0.15, 0.2) is 0 Å². The van der Waals surface area contributed by atoms with Crippen molar-refractivity contribution in [2.75, 3.05) is 4.93 Å². The summed E-state index contributed by atoms with van der Waals surface area (Å²) in [5.41, 5.74) is 0. The van der Waals surface area contributed by atoms with Crippen LogP contribution in [0.1, 0.15) is 23.7 Å². The van der Waals surface area contributed by atoms with Crippen molar-refractivity contribution >= 4 is 46.6 Å². The van der Waals surface area contributed by atoms with Gasteiger partial charge in [-0.15, -0.1) is 24.0 Å². The number of halogens is 2. The van der Waals surface area contributed by atoms with Gasteiger partial charge in [0.2, 0.25) is 0 Å². The molecule has 0 aliphatic heterocycles. The molecule has 0 amide bonds. The number of alkyl halides is 1. The first-order chi connectivity index (χ1) is 1.00. The average molecular weight is 359 g/mol. The van der Waals surface area contributed by atoms with E-state index in [0.29, 0.717) is 0 Å². The third-order valence-electron chi connectivity index (χ3n) is 0. The van der Waals surface area contributed by atoms with Crippen molar-refractivity contribution in [1.29, 1.82) is 0 Å². The molecule has 48 valence electrons. The quantitative estimate of drug-likeness (QED) is 0.339. The van der Waals surface area contributed by atoms with E-state index in [4.69, 9.17) is 0 Å². The van der Waals surface area contributed by atoms with E-state index in [2.05, 4.69) is 22.6 Å². The zero-order chi connectivity index (χ0) is 2.00. The van der Waals surface area contributed by atoms with Crippen LogP contribution in [0.4, 0.5) is 0 Å². The largest absolute Gasteiger partial charge is 1.00 e. The van der Waals surface area contributed by atoms with Crippen LogP contribution in [0.3, 0.4) is 0 Å². The molecular weight excluding hydrogens is 341 g/mol. The molecule has 0 nitrogen and oxygen atoms in total. The van der Waals surface area contributed by atoms with E-state index in [-0.39, 0.29) is 99.1 Å². The molecular formula is C4H17I2K. The third kappa shape index (κ3) is 47.8. The van der Waals surface area contributed by atoms with Crippen LogP contribution in [0.5, 0.6) is 0 Å². The molecule has 0 aliphatic carbocycles. The van der Waals surface area contributed by atoms with Gasteiger partial charge < -0.3 is 1.43 Å². The van der Waals surface area contributed by atoms with Crippen molar-refractivity contribution in [2.45, 2.75) is 22.3 Å². The second-order valence-electron chi connectivity index (χ2n) is 0. The molecule has 0 bridgehead atoms. The standard InChI is InChI=1S/CH3I.3CH4.HI.K.H/c1-2;;;;;;/h1H3;3*1H4;1H;;/q;;;;;+1;-1/i;;;;;;1+1. The average Bonchev–Trinajstić information content (AvgIpc) is 1.00. The molecule has 7 heavy (non-hydrogen) atoms. The van der Waals surface area contributed by atoms with Crippen LogP contribution in [-0.4, -0.2) is 4.93 Å².